The summed E-state index contributed by atoms with van der Waals surface area (Å²) in [4.78, 5) is 31.9. The molecule has 0 saturated heterocycles. The highest BCUT2D eigenvalue weighted by Crippen LogP contribution is 2.31. The number of hydrogen-bond donors (Lipinski definition) is 1. The van der Waals surface area contributed by atoms with E-state index in [1.807, 2.05) is 24.3 Å². The van der Waals surface area contributed by atoms with Gasteiger partial charge in [-0.05, 0) is 49.7 Å². The van der Waals surface area contributed by atoms with Crippen LogP contribution in [0.5, 0.6) is 0 Å². The third-order valence-electron chi connectivity index (χ3n) is 4.26. The number of carbonyl (C=O) groups is 1. The number of amides is 1. The van der Waals surface area contributed by atoms with E-state index < -0.39 is 5.91 Å². The number of carbonyl (C=O) groups excluding carboxylic acids is 1. The summed E-state index contributed by atoms with van der Waals surface area (Å²) < 4.78 is 1.38. The maximum atomic E-state index is 12.5. The smallest absolute Gasteiger partial charge is 0.271 e. The summed E-state index contributed by atoms with van der Waals surface area (Å²) >= 11 is 3.02. The average Bonchev–Trinajstić information content (AvgIpc) is 3.15. The number of nitrogens with one attached hydrogen (secondary N) is 1. The van der Waals surface area contributed by atoms with E-state index in [-0.39, 0.29) is 11.1 Å². The Morgan fingerprint density at radius 1 is 1.14 bits per heavy atom. The molecule has 0 aliphatic rings. The Labute approximate surface area is 170 Å². The largest absolute Gasteiger partial charge is 0.322 e. The van der Waals surface area contributed by atoms with Gasteiger partial charge in [0.25, 0.3) is 11.5 Å². The summed E-state index contributed by atoms with van der Waals surface area (Å²) in [5, 5.41) is 4.53. The SMILES string of the molecule is Cc1ccc(Sc2ccc(NC(=O)c3cnc4sccn4c3=O)cc2)c(C)c1. The summed E-state index contributed by atoms with van der Waals surface area (Å²) in [6.45, 7) is 4.18. The van der Waals surface area contributed by atoms with Gasteiger partial charge in [-0.25, -0.2) is 4.98 Å². The highest BCUT2D eigenvalue weighted by molar-refractivity contribution is 7.99. The number of thiazole rings is 1. The van der Waals surface area contributed by atoms with Crippen LogP contribution in [0.25, 0.3) is 4.96 Å². The first-order valence-corrected chi connectivity index (χ1v) is 10.3. The van der Waals surface area contributed by atoms with Crippen molar-refractivity contribution in [2.45, 2.75) is 23.6 Å². The average molecular weight is 408 g/mol. The van der Waals surface area contributed by atoms with Crippen LogP contribution >= 0.6 is 23.1 Å². The standard InChI is InChI=1S/C21H17N3O2S2/c1-13-3-8-18(14(2)11-13)28-16-6-4-15(5-7-16)23-19(25)17-12-22-21-24(20(17)26)9-10-27-21/h3-12H,1-2H3,(H,23,25). The van der Waals surface area contributed by atoms with Crippen LogP contribution in [-0.2, 0) is 0 Å². The summed E-state index contributed by atoms with van der Waals surface area (Å²) in [6.07, 6.45) is 2.94. The van der Waals surface area contributed by atoms with Gasteiger partial charge in [0.1, 0.15) is 5.56 Å². The highest BCUT2D eigenvalue weighted by atomic mass is 32.2. The van der Waals surface area contributed by atoms with Gasteiger partial charge in [-0.3, -0.25) is 14.0 Å². The minimum absolute atomic E-state index is 0.0182. The lowest BCUT2D eigenvalue weighted by Gasteiger charge is -2.08. The third kappa shape index (κ3) is 3.72. The first kappa shape index (κ1) is 18.5. The number of rotatable bonds is 4. The van der Waals surface area contributed by atoms with Crippen LogP contribution < -0.4 is 10.9 Å². The van der Waals surface area contributed by atoms with Gasteiger partial charge >= 0.3 is 0 Å². The fourth-order valence-corrected chi connectivity index (χ4v) is 4.38. The molecule has 4 aromatic rings. The molecule has 28 heavy (non-hydrogen) atoms. The molecular formula is C21H17N3O2S2. The minimum atomic E-state index is -0.465. The van der Waals surface area contributed by atoms with Crippen LogP contribution in [0.3, 0.4) is 0 Å². The van der Waals surface area contributed by atoms with E-state index in [2.05, 4.69) is 42.3 Å². The van der Waals surface area contributed by atoms with Crippen LogP contribution in [0.2, 0.25) is 0 Å². The molecule has 0 fully saturated rings. The van der Waals surface area contributed by atoms with Gasteiger partial charge in [0, 0.05) is 33.3 Å². The monoisotopic (exact) mass is 407 g/mol. The van der Waals surface area contributed by atoms with Gasteiger partial charge in [0.05, 0.1) is 0 Å². The Bertz CT molecular complexity index is 1230. The van der Waals surface area contributed by atoms with Crippen LogP contribution in [-0.4, -0.2) is 15.3 Å². The number of anilines is 1. The molecule has 2 heterocycles. The summed E-state index contributed by atoms with van der Waals surface area (Å²) in [7, 11) is 0. The molecule has 0 aliphatic carbocycles. The van der Waals surface area contributed by atoms with Crippen molar-refractivity contribution < 1.29 is 4.79 Å². The maximum absolute atomic E-state index is 12.5. The molecular weight excluding hydrogens is 390 g/mol. The lowest BCUT2D eigenvalue weighted by molar-refractivity contribution is 0.102. The molecule has 0 bridgehead atoms. The summed E-state index contributed by atoms with van der Waals surface area (Å²) in [6, 6.07) is 13.9. The number of aromatic nitrogens is 2. The van der Waals surface area contributed by atoms with Gasteiger partial charge in [-0.15, -0.1) is 11.3 Å². The predicted octanol–water partition coefficient (Wildman–Crippen LogP) is 4.78. The van der Waals surface area contributed by atoms with Gasteiger partial charge in [0.2, 0.25) is 0 Å². The minimum Gasteiger partial charge on any atom is -0.322 e. The molecule has 5 nitrogen and oxygen atoms in total. The number of fused-ring (bicyclic) bond motifs is 1. The summed E-state index contributed by atoms with van der Waals surface area (Å²) in [5.41, 5.74) is 2.75. The van der Waals surface area contributed by atoms with Crippen molar-refractivity contribution in [3.63, 3.8) is 0 Å². The Morgan fingerprint density at radius 3 is 2.68 bits per heavy atom. The topological polar surface area (TPSA) is 63.5 Å². The molecule has 2 aromatic heterocycles. The molecule has 0 spiro atoms. The zero-order chi connectivity index (χ0) is 19.7. The van der Waals surface area contributed by atoms with Gasteiger partial charge in [-0.1, -0.05) is 29.5 Å². The number of nitrogens with zero attached hydrogens (tertiary/aromatic N) is 2. The van der Waals surface area contributed by atoms with Crippen molar-refractivity contribution in [1.29, 1.82) is 0 Å². The van der Waals surface area contributed by atoms with E-state index in [0.717, 1.165) is 4.90 Å². The fraction of sp³-hybridized carbons (Fsp3) is 0.0952. The molecule has 0 atom stereocenters. The van der Waals surface area contributed by atoms with E-state index >= 15 is 0 Å². The molecule has 0 unspecified atom stereocenters. The second-order valence-corrected chi connectivity index (χ2v) is 8.37. The van der Waals surface area contributed by atoms with Crippen LogP contribution in [0, 0.1) is 13.8 Å². The lowest BCUT2D eigenvalue weighted by Crippen LogP contribution is -2.25. The van der Waals surface area contributed by atoms with Crippen molar-refractivity contribution in [3.8, 4) is 0 Å². The van der Waals surface area contributed by atoms with Crippen LogP contribution in [0.1, 0.15) is 21.5 Å². The van der Waals surface area contributed by atoms with E-state index in [0.29, 0.717) is 10.6 Å². The fourth-order valence-electron chi connectivity index (χ4n) is 2.83. The molecule has 7 heteroatoms. The van der Waals surface area contributed by atoms with Gasteiger partial charge in [-0.2, -0.15) is 0 Å². The molecule has 0 saturated carbocycles. The Kier molecular flexibility index (Phi) is 5.02. The zero-order valence-corrected chi connectivity index (χ0v) is 16.9. The van der Waals surface area contributed by atoms with E-state index in [4.69, 9.17) is 0 Å². The first-order chi connectivity index (χ1) is 13.5. The van der Waals surface area contributed by atoms with Crippen molar-refractivity contribution in [1.82, 2.24) is 9.38 Å². The lowest BCUT2D eigenvalue weighted by atomic mass is 10.2. The Hall–Kier alpha value is -2.90. The number of hydrogen-bond acceptors (Lipinski definition) is 5. The van der Waals surface area contributed by atoms with Crippen molar-refractivity contribution in [2.24, 2.45) is 0 Å². The molecule has 140 valence electrons. The highest BCUT2D eigenvalue weighted by Gasteiger charge is 2.14. The number of aryl methyl sites for hydroxylation is 2. The van der Waals surface area contributed by atoms with Gasteiger partial charge in [0.15, 0.2) is 4.96 Å². The van der Waals surface area contributed by atoms with Crippen molar-refractivity contribution in [2.75, 3.05) is 5.32 Å². The first-order valence-electron chi connectivity index (χ1n) is 8.62. The molecule has 0 radical (unpaired) electrons. The number of benzene rings is 2. The molecule has 0 aliphatic heterocycles. The Morgan fingerprint density at radius 2 is 1.93 bits per heavy atom. The molecule has 1 N–H and O–H groups in total. The van der Waals surface area contributed by atoms with Gasteiger partial charge < -0.3 is 5.32 Å². The molecule has 2 aromatic carbocycles. The zero-order valence-electron chi connectivity index (χ0n) is 15.3. The van der Waals surface area contributed by atoms with Crippen molar-refractivity contribution in [3.05, 3.63) is 87.3 Å². The van der Waals surface area contributed by atoms with E-state index in [1.54, 1.807) is 23.3 Å². The van der Waals surface area contributed by atoms with Crippen molar-refractivity contribution >= 4 is 39.7 Å². The van der Waals surface area contributed by atoms with E-state index in [9.17, 15) is 9.59 Å². The second-order valence-electron chi connectivity index (χ2n) is 6.38. The third-order valence-corrected chi connectivity index (χ3v) is 6.21. The summed E-state index contributed by atoms with van der Waals surface area (Å²) in [5.74, 6) is -0.465. The normalized spacial score (nSPS) is 10.9. The molecule has 4 rings (SSSR count). The van der Waals surface area contributed by atoms with E-state index in [1.165, 1.54) is 38.0 Å². The maximum Gasteiger partial charge on any atom is 0.271 e. The second kappa shape index (κ2) is 7.61. The predicted molar refractivity (Wildman–Crippen MR) is 114 cm³/mol. The Balaban J connectivity index is 1.50. The quantitative estimate of drug-likeness (QED) is 0.529. The molecule has 1 amide bonds. The van der Waals surface area contributed by atoms with Crippen LogP contribution in [0.15, 0.2) is 74.8 Å². The van der Waals surface area contributed by atoms with Crippen LogP contribution in [0.4, 0.5) is 5.69 Å².